The Balaban J connectivity index is 2.42. The molecule has 1 aromatic rings. The van der Waals surface area contributed by atoms with Crippen LogP contribution in [0.2, 0.25) is 0 Å². The Bertz CT molecular complexity index is 275. The molecule has 4 heteroatoms. The number of hydrogen-bond acceptors (Lipinski definition) is 3. The van der Waals surface area contributed by atoms with Crippen LogP contribution in [0.25, 0.3) is 0 Å². The van der Waals surface area contributed by atoms with E-state index in [-0.39, 0.29) is 0 Å². The molecular weight excluding hydrogens is 272 g/mol. The minimum atomic E-state index is 0.746. The van der Waals surface area contributed by atoms with Crippen LogP contribution in [0, 0.1) is 0 Å². The SMILES string of the molecule is CCCCN(CCN)Cc1cc(Br)cs1. The Morgan fingerprint density at radius 1 is 1.47 bits per heavy atom. The molecule has 15 heavy (non-hydrogen) atoms. The summed E-state index contributed by atoms with van der Waals surface area (Å²) in [5.41, 5.74) is 5.61. The lowest BCUT2D eigenvalue weighted by atomic mass is 10.3. The number of halogens is 1. The maximum absolute atomic E-state index is 5.61. The van der Waals surface area contributed by atoms with E-state index in [0.29, 0.717) is 0 Å². The Morgan fingerprint density at radius 2 is 2.27 bits per heavy atom. The molecule has 2 nitrogen and oxygen atoms in total. The van der Waals surface area contributed by atoms with E-state index < -0.39 is 0 Å². The molecule has 86 valence electrons. The van der Waals surface area contributed by atoms with Gasteiger partial charge in [0.15, 0.2) is 0 Å². The fourth-order valence-electron chi connectivity index (χ4n) is 1.49. The van der Waals surface area contributed by atoms with Gasteiger partial charge in [-0.05, 0) is 35.0 Å². The van der Waals surface area contributed by atoms with Gasteiger partial charge in [-0.25, -0.2) is 0 Å². The predicted octanol–water partition coefficient (Wildman–Crippen LogP) is 3.07. The summed E-state index contributed by atoms with van der Waals surface area (Å²) in [6.45, 7) is 6.16. The summed E-state index contributed by atoms with van der Waals surface area (Å²) in [5.74, 6) is 0. The molecule has 0 spiro atoms. The van der Waals surface area contributed by atoms with E-state index >= 15 is 0 Å². The van der Waals surface area contributed by atoms with Gasteiger partial charge >= 0.3 is 0 Å². The van der Waals surface area contributed by atoms with Crippen molar-refractivity contribution in [3.05, 3.63) is 20.8 Å². The zero-order valence-corrected chi connectivity index (χ0v) is 11.6. The molecule has 2 N–H and O–H groups in total. The van der Waals surface area contributed by atoms with Gasteiger partial charge in [0.1, 0.15) is 0 Å². The van der Waals surface area contributed by atoms with E-state index in [2.05, 4.69) is 39.2 Å². The third kappa shape index (κ3) is 5.11. The van der Waals surface area contributed by atoms with E-state index in [1.54, 1.807) is 0 Å². The zero-order valence-electron chi connectivity index (χ0n) is 9.21. The molecule has 0 saturated heterocycles. The number of nitrogens with zero attached hydrogens (tertiary/aromatic N) is 1. The number of unbranched alkanes of at least 4 members (excludes halogenated alkanes) is 1. The lowest BCUT2D eigenvalue weighted by molar-refractivity contribution is 0.271. The summed E-state index contributed by atoms with van der Waals surface area (Å²) in [6.07, 6.45) is 2.50. The Kier molecular flexibility index (Phi) is 6.48. The van der Waals surface area contributed by atoms with E-state index in [0.717, 1.165) is 26.2 Å². The van der Waals surface area contributed by atoms with Crippen LogP contribution in [0.5, 0.6) is 0 Å². The average molecular weight is 291 g/mol. The molecule has 0 aliphatic carbocycles. The van der Waals surface area contributed by atoms with Crippen molar-refractivity contribution >= 4 is 27.3 Å². The first-order chi connectivity index (χ1) is 7.26. The lowest BCUT2D eigenvalue weighted by Gasteiger charge is -2.20. The first-order valence-electron chi connectivity index (χ1n) is 5.41. The quantitative estimate of drug-likeness (QED) is 0.836. The molecule has 0 unspecified atom stereocenters. The number of thiophene rings is 1. The Labute approximate surface area is 105 Å². The van der Waals surface area contributed by atoms with Crippen molar-refractivity contribution in [3.63, 3.8) is 0 Å². The van der Waals surface area contributed by atoms with Crippen LogP contribution in [-0.2, 0) is 6.54 Å². The van der Waals surface area contributed by atoms with Gasteiger partial charge in [0.25, 0.3) is 0 Å². The van der Waals surface area contributed by atoms with E-state index in [1.165, 1.54) is 22.2 Å². The largest absolute Gasteiger partial charge is 0.329 e. The van der Waals surface area contributed by atoms with E-state index in [4.69, 9.17) is 5.73 Å². The van der Waals surface area contributed by atoms with Crippen LogP contribution >= 0.6 is 27.3 Å². The van der Waals surface area contributed by atoms with Crippen molar-refractivity contribution in [3.8, 4) is 0 Å². The molecule has 0 fully saturated rings. The Hall–Kier alpha value is 0.1000. The fraction of sp³-hybridized carbons (Fsp3) is 0.636. The molecule has 0 bridgehead atoms. The molecule has 0 aliphatic rings. The molecule has 0 saturated carbocycles. The maximum Gasteiger partial charge on any atom is 0.0328 e. The van der Waals surface area contributed by atoms with Gasteiger partial charge in [-0.15, -0.1) is 11.3 Å². The van der Waals surface area contributed by atoms with Crippen LogP contribution < -0.4 is 5.73 Å². The summed E-state index contributed by atoms with van der Waals surface area (Å²) in [6, 6.07) is 2.19. The van der Waals surface area contributed by atoms with Crippen LogP contribution in [0.4, 0.5) is 0 Å². The summed E-state index contributed by atoms with van der Waals surface area (Å²) >= 11 is 5.29. The standard InChI is InChI=1S/C11H19BrN2S/c1-2-3-5-14(6-4-13)8-11-7-10(12)9-15-11/h7,9H,2-6,8,13H2,1H3. The second kappa shape index (κ2) is 7.39. The highest BCUT2D eigenvalue weighted by Crippen LogP contribution is 2.21. The van der Waals surface area contributed by atoms with Gasteiger partial charge in [-0.1, -0.05) is 13.3 Å². The molecule has 0 aromatic carbocycles. The summed E-state index contributed by atoms with van der Waals surface area (Å²) < 4.78 is 1.19. The van der Waals surface area contributed by atoms with Crippen LogP contribution in [0.15, 0.2) is 15.9 Å². The van der Waals surface area contributed by atoms with Gasteiger partial charge in [-0.3, -0.25) is 4.90 Å². The number of rotatable bonds is 7. The zero-order chi connectivity index (χ0) is 11.1. The van der Waals surface area contributed by atoms with Crippen LogP contribution in [0.1, 0.15) is 24.6 Å². The van der Waals surface area contributed by atoms with Crippen molar-refractivity contribution in [1.82, 2.24) is 4.90 Å². The van der Waals surface area contributed by atoms with Gasteiger partial charge in [-0.2, -0.15) is 0 Å². The molecular formula is C11H19BrN2S. The molecule has 0 radical (unpaired) electrons. The van der Waals surface area contributed by atoms with Crippen molar-refractivity contribution < 1.29 is 0 Å². The summed E-state index contributed by atoms with van der Waals surface area (Å²) in [4.78, 5) is 3.84. The van der Waals surface area contributed by atoms with Crippen molar-refractivity contribution in [2.45, 2.75) is 26.3 Å². The molecule has 0 amide bonds. The number of nitrogens with two attached hydrogens (primary N) is 1. The Morgan fingerprint density at radius 3 is 2.80 bits per heavy atom. The van der Waals surface area contributed by atoms with Gasteiger partial charge < -0.3 is 5.73 Å². The van der Waals surface area contributed by atoms with Crippen molar-refractivity contribution in [2.75, 3.05) is 19.6 Å². The highest BCUT2D eigenvalue weighted by atomic mass is 79.9. The smallest absolute Gasteiger partial charge is 0.0328 e. The predicted molar refractivity (Wildman–Crippen MR) is 71.3 cm³/mol. The van der Waals surface area contributed by atoms with Gasteiger partial charge in [0, 0.05) is 34.4 Å². The first kappa shape index (κ1) is 13.2. The highest BCUT2D eigenvalue weighted by Gasteiger charge is 2.06. The van der Waals surface area contributed by atoms with Gasteiger partial charge in [0.05, 0.1) is 0 Å². The van der Waals surface area contributed by atoms with Crippen LogP contribution in [0.3, 0.4) is 0 Å². The summed E-state index contributed by atoms with van der Waals surface area (Å²) in [7, 11) is 0. The molecule has 1 aromatic heterocycles. The average Bonchev–Trinajstić information content (AvgIpc) is 2.61. The first-order valence-corrected chi connectivity index (χ1v) is 7.09. The summed E-state index contributed by atoms with van der Waals surface area (Å²) in [5, 5.41) is 2.13. The van der Waals surface area contributed by atoms with Crippen molar-refractivity contribution in [2.24, 2.45) is 5.73 Å². The molecule has 1 heterocycles. The van der Waals surface area contributed by atoms with Crippen LogP contribution in [-0.4, -0.2) is 24.5 Å². The molecule has 1 rings (SSSR count). The van der Waals surface area contributed by atoms with Crippen molar-refractivity contribution in [1.29, 1.82) is 0 Å². The highest BCUT2D eigenvalue weighted by molar-refractivity contribution is 9.10. The van der Waals surface area contributed by atoms with E-state index in [9.17, 15) is 0 Å². The third-order valence-electron chi connectivity index (χ3n) is 2.27. The van der Waals surface area contributed by atoms with E-state index in [1.807, 2.05) is 11.3 Å². The van der Waals surface area contributed by atoms with Gasteiger partial charge in [0.2, 0.25) is 0 Å². The number of hydrogen-bond donors (Lipinski definition) is 1. The molecule has 0 aliphatic heterocycles. The fourth-order valence-corrected chi connectivity index (χ4v) is 2.98. The third-order valence-corrected chi connectivity index (χ3v) is 3.96. The second-order valence-corrected chi connectivity index (χ2v) is 5.56. The monoisotopic (exact) mass is 290 g/mol. The molecule has 0 atom stereocenters. The maximum atomic E-state index is 5.61. The minimum absolute atomic E-state index is 0.746. The lowest BCUT2D eigenvalue weighted by Crippen LogP contribution is -2.29. The minimum Gasteiger partial charge on any atom is -0.329 e. The topological polar surface area (TPSA) is 29.3 Å². The second-order valence-electron chi connectivity index (χ2n) is 3.65. The normalized spacial score (nSPS) is 11.2.